The smallest absolute Gasteiger partial charge is 0.338 e. The molecule has 0 aliphatic heterocycles. The highest BCUT2D eigenvalue weighted by Crippen LogP contribution is 2.26. The van der Waals surface area contributed by atoms with Crippen molar-refractivity contribution >= 4 is 34.2 Å². The van der Waals surface area contributed by atoms with E-state index in [0.717, 1.165) is 34.6 Å². The van der Waals surface area contributed by atoms with Crippen molar-refractivity contribution in [3.63, 3.8) is 0 Å². The van der Waals surface area contributed by atoms with Crippen LogP contribution in [-0.4, -0.2) is 28.2 Å². The van der Waals surface area contributed by atoms with Crippen LogP contribution in [0, 0.1) is 13.8 Å². The van der Waals surface area contributed by atoms with E-state index in [4.69, 9.17) is 4.74 Å². The summed E-state index contributed by atoms with van der Waals surface area (Å²) in [6.45, 7) is 6.13. The van der Waals surface area contributed by atoms with Crippen LogP contribution in [0.5, 0.6) is 0 Å². The van der Waals surface area contributed by atoms with Crippen LogP contribution in [0.3, 0.4) is 0 Å². The first-order valence-corrected chi connectivity index (χ1v) is 10.0. The molecular weight excluding hydrogens is 388 g/mol. The average molecular weight is 410 g/mol. The maximum Gasteiger partial charge on any atom is 0.338 e. The molecule has 2 N–H and O–H groups in total. The number of nitrogens with zero attached hydrogens (tertiary/aromatic N) is 2. The van der Waals surface area contributed by atoms with Crippen molar-refractivity contribution < 1.29 is 14.3 Å². The summed E-state index contributed by atoms with van der Waals surface area (Å²) in [6, 6.07) is 12.6. The first-order valence-electron chi connectivity index (χ1n) is 9.23. The van der Waals surface area contributed by atoms with Crippen molar-refractivity contribution in [3.8, 4) is 11.1 Å². The minimum Gasteiger partial charge on any atom is -0.462 e. The number of esters is 1. The Morgan fingerprint density at radius 2 is 1.83 bits per heavy atom. The molecular formula is C21H22N4O3S. The third-order valence-electron chi connectivity index (χ3n) is 4.24. The molecule has 0 spiro atoms. The second-order valence-electron chi connectivity index (χ2n) is 6.51. The molecule has 1 aromatic heterocycles. The van der Waals surface area contributed by atoms with Crippen molar-refractivity contribution in [1.82, 2.24) is 9.59 Å². The van der Waals surface area contributed by atoms with Crippen molar-refractivity contribution in [1.29, 1.82) is 0 Å². The van der Waals surface area contributed by atoms with Crippen molar-refractivity contribution in [2.45, 2.75) is 27.2 Å². The Bertz CT molecular complexity index is 1020. The molecule has 29 heavy (non-hydrogen) atoms. The Morgan fingerprint density at radius 1 is 1.07 bits per heavy atom. The van der Waals surface area contributed by atoms with Crippen LogP contribution in [0.1, 0.15) is 35.0 Å². The SMILES string of the molecule is CCCOC(=O)c1ccc(C)c(-c2ccc(NC(=O)Nc3snnc3C)cc2)c1. The summed E-state index contributed by atoms with van der Waals surface area (Å²) >= 11 is 1.13. The fourth-order valence-electron chi connectivity index (χ4n) is 2.68. The van der Waals surface area contributed by atoms with Gasteiger partial charge < -0.3 is 10.1 Å². The number of carbonyl (C=O) groups is 2. The summed E-state index contributed by atoms with van der Waals surface area (Å²) in [5.41, 5.74) is 4.78. The van der Waals surface area contributed by atoms with E-state index in [1.54, 1.807) is 13.0 Å². The summed E-state index contributed by atoms with van der Waals surface area (Å²) < 4.78 is 9.01. The Balaban J connectivity index is 1.72. The van der Waals surface area contributed by atoms with Gasteiger partial charge in [0.2, 0.25) is 0 Å². The first-order chi connectivity index (χ1) is 14.0. The van der Waals surface area contributed by atoms with E-state index in [2.05, 4.69) is 20.2 Å². The van der Waals surface area contributed by atoms with E-state index in [9.17, 15) is 9.59 Å². The third kappa shape index (κ3) is 5.17. The molecule has 0 aliphatic carbocycles. The summed E-state index contributed by atoms with van der Waals surface area (Å²) in [5, 5.41) is 9.97. The van der Waals surface area contributed by atoms with Gasteiger partial charge in [-0.05, 0) is 61.2 Å². The summed E-state index contributed by atoms with van der Waals surface area (Å²) in [4.78, 5) is 24.3. The third-order valence-corrected chi connectivity index (χ3v) is 4.99. The predicted octanol–water partition coefficient (Wildman–Crippen LogP) is 5.03. The fourth-order valence-corrected chi connectivity index (χ4v) is 3.24. The highest BCUT2D eigenvalue weighted by molar-refractivity contribution is 7.10. The lowest BCUT2D eigenvalue weighted by atomic mass is 9.98. The Kier molecular flexibility index (Phi) is 6.56. The lowest BCUT2D eigenvalue weighted by Gasteiger charge is -2.11. The summed E-state index contributed by atoms with van der Waals surface area (Å²) in [5.74, 6) is -0.323. The number of hydrogen-bond donors (Lipinski definition) is 2. The Hall–Kier alpha value is -3.26. The van der Waals surface area contributed by atoms with E-state index >= 15 is 0 Å². The second kappa shape index (κ2) is 9.29. The largest absolute Gasteiger partial charge is 0.462 e. The predicted molar refractivity (Wildman–Crippen MR) is 114 cm³/mol. The topological polar surface area (TPSA) is 93.2 Å². The van der Waals surface area contributed by atoms with E-state index in [1.807, 2.05) is 50.2 Å². The van der Waals surface area contributed by atoms with Crippen LogP contribution in [0.4, 0.5) is 15.5 Å². The van der Waals surface area contributed by atoms with E-state index in [1.165, 1.54) is 0 Å². The molecule has 0 atom stereocenters. The zero-order chi connectivity index (χ0) is 20.8. The van der Waals surface area contributed by atoms with Gasteiger partial charge in [0.1, 0.15) is 5.00 Å². The van der Waals surface area contributed by atoms with Gasteiger partial charge in [-0.1, -0.05) is 29.6 Å². The first kappa shape index (κ1) is 20.5. The molecule has 1 heterocycles. The zero-order valence-corrected chi connectivity index (χ0v) is 17.3. The molecule has 2 aromatic carbocycles. The number of urea groups is 1. The molecule has 8 heteroatoms. The molecule has 150 valence electrons. The van der Waals surface area contributed by atoms with Gasteiger partial charge in [-0.2, -0.15) is 0 Å². The zero-order valence-electron chi connectivity index (χ0n) is 16.5. The van der Waals surface area contributed by atoms with Crippen LogP contribution in [0.2, 0.25) is 0 Å². The van der Waals surface area contributed by atoms with Gasteiger partial charge in [-0.15, -0.1) is 5.10 Å². The van der Waals surface area contributed by atoms with Gasteiger partial charge in [-0.25, -0.2) is 9.59 Å². The molecule has 7 nitrogen and oxygen atoms in total. The average Bonchev–Trinajstić information content (AvgIpc) is 3.11. The quantitative estimate of drug-likeness (QED) is 0.556. The maximum absolute atomic E-state index is 12.1. The second-order valence-corrected chi connectivity index (χ2v) is 7.26. The van der Waals surface area contributed by atoms with Crippen molar-refractivity contribution in [3.05, 3.63) is 59.3 Å². The number of ether oxygens (including phenoxy) is 1. The van der Waals surface area contributed by atoms with Gasteiger partial charge in [0, 0.05) is 17.2 Å². The standard InChI is InChI=1S/C21H22N4O3S/c1-4-11-28-20(26)16-6-5-13(2)18(12-16)15-7-9-17(10-8-15)22-21(27)23-19-14(3)24-25-29-19/h5-10,12H,4,11H2,1-3H3,(H2,22,23,27). The normalized spacial score (nSPS) is 10.4. The molecule has 0 saturated carbocycles. The number of hydrogen-bond acceptors (Lipinski definition) is 6. The van der Waals surface area contributed by atoms with Crippen LogP contribution >= 0.6 is 11.5 Å². The van der Waals surface area contributed by atoms with Crippen molar-refractivity contribution in [2.24, 2.45) is 0 Å². The summed E-state index contributed by atoms with van der Waals surface area (Å²) in [6.07, 6.45) is 0.783. The number of nitrogens with one attached hydrogen (secondary N) is 2. The number of aryl methyl sites for hydroxylation is 2. The van der Waals surface area contributed by atoms with E-state index in [0.29, 0.717) is 28.6 Å². The highest BCUT2D eigenvalue weighted by atomic mass is 32.1. The minimum absolute atomic E-state index is 0.323. The lowest BCUT2D eigenvalue weighted by Crippen LogP contribution is -2.19. The molecule has 0 bridgehead atoms. The van der Waals surface area contributed by atoms with Crippen molar-refractivity contribution in [2.75, 3.05) is 17.2 Å². The molecule has 3 aromatic rings. The van der Waals surface area contributed by atoms with Gasteiger partial charge in [-0.3, -0.25) is 5.32 Å². The monoisotopic (exact) mass is 410 g/mol. The Morgan fingerprint density at radius 3 is 2.48 bits per heavy atom. The number of rotatable bonds is 6. The molecule has 0 saturated heterocycles. The van der Waals surface area contributed by atoms with Gasteiger partial charge in [0.25, 0.3) is 0 Å². The summed E-state index contributed by atoms with van der Waals surface area (Å²) in [7, 11) is 0. The number of carbonyl (C=O) groups excluding carboxylic acids is 2. The molecule has 0 fully saturated rings. The van der Waals surface area contributed by atoms with Crippen LogP contribution in [0.15, 0.2) is 42.5 Å². The number of benzene rings is 2. The van der Waals surface area contributed by atoms with E-state index in [-0.39, 0.29) is 12.0 Å². The van der Waals surface area contributed by atoms with Gasteiger partial charge >= 0.3 is 12.0 Å². The van der Waals surface area contributed by atoms with Gasteiger partial charge in [0.15, 0.2) is 0 Å². The Labute approximate surface area is 173 Å². The fraction of sp³-hybridized carbons (Fsp3) is 0.238. The molecule has 3 rings (SSSR count). The maximum atomic E-state index is 12.1. The minimum atomic E-state index is -0.358. The molecule has 0 unspecified atom stereocenters. The lowest BCUT2D eigenvalue weighted by molar-refractivity contribution is 0.0505. The van der Waals surface area contributed by atoms with E-state index < -0.39 is 0 Å². The van der Waals surface area contributed by atoms with Crippen LogP contribution in [0.25, 0.3) is 11.1 Å². The highest BCUT2D eigenvalue weighted by Gasteiger charge is 2.11. The number of aromatic nitrogens is 2. The molecule has 2 amide bonds. The number of amides is 2. The van der Waals surface area contributed by atoms with Gasteiger partial charge in [0.05, 0.1) is 17.9 Å². The van der Waals surface area contributed by atoms with Crippen LogP contribution in [-0.2, 0) is 4.74 Å². The molecule has 0 radical (unpaired) electrons. The number of anilines is 2. The van der Waals surface area contributed by atoms with Crippen LogP contribution < -0.4 is 10.6 Å². The molecule has 0 aliphatic rings.